The van der Waals surface area contributed by atoms with E-state index in [4.69, 9.17) is 9.47 Å². The lowest BCUT2D eigenvalue weighted by Crippen LogP contribution is -2.37. The predicted molar refractivity (Wildman–Crippen MR) is 110 cm³/mol. The number of nitrogens with one attached hydrogen (secondary N) is 2. The molecule has 0 aromatic heterocycles. The van der Waals surface area contributed by atoms with Gasteiger partial charge in [0.15, 0.2) is 5.96 Å². The zero-order chi connectivity index (χ0) is 16.5. The number of aryl methyl sites for hydroxylation is 1. The van der Waals surface area contributed by atoms with Gasteiger partial charge >= 0.3 is 0 Å². The second kappa shape index (κ2) is 11.5. The number of methoxy groups -OCH3 is 1. The molecule has 2 rings (SSSR count). The Morgan fingerprint density at radius 1 is 1.25 bits per heavy atom. The summed E-state index contributed by atoms with van der Waals surface area (Å²) in [5, 5.41) is 6.73. The Bertz CT molecular complexity index is 519. The number of nitrogens with zero attached hydrogens (tertiary/aromatic N) is 1. The highest BCUT2D eigenvalue weighted by Crippen LogP contribution is 2.31. The third kappa shape index (κ3) is 7.70. The first-order valence-corrected chi connectivity index (χ1v) is 8.38. The van der Waals surface area contributed by atoms with E-state index in [0.29, 0.717) is 19.8 Å². The SMILES string of the molecule is CN=C(NCCC1CC1)NCc1ccc(C)cc1OCCOC.I. The molecule has 0 spiro atoms. The lowest BCUT2D eigenvalue weighted by molar-refractivity contribution is 0.145. The van der Waals surface area contributed by atoms with Crippen molar-refractivity contribution in [3.63, 3.8) is 0 Å². The quantitative estimate of drug-likeness (QED) is 0.265. The molecule has 0 unspecified atom stereocenters. The summed E-state index contributed by atoms with van der Waals surface area (Å²) in [6, 6.07) is 6.27. The molecule has 1 aliphatic rings. The number of ether oxygens (including phenoxy) is 2. The van der Waals surface area contributed by atoms with Crippen LogP contribution in [0, 0.1) is 12.8 Å². The van der Waals surface area contributed by atoms with Crippen LogP contribution in [0.5, 0.6) is 5.75 Å². The van der Waals surface area contributed by atoms with Crippen LogP contribution in [-0.2, 0) is 11.3 Å². The molecule has 0 saturated heterocycles. The van der Waals surface area contributed by atoms with Crippen LogP contribution in [0.3, 0.4) is 0 Å². The van der Waals surface area contributed by atoms with E-state index < -0.39 is 0 Å². The molecule has 0 atom stereocenters. The van der Waals surface area contributed by atoms with Crippen molar-refractivity contribution < 1.29 is 9.47 Å². The Kier molecular flexibility index (Phi) is 10.1. The van der Waals surface area contributed by atoms with E-state index in [0.717, 1.165) is 29.7 Å². The van der Waals surface area contributed by atoms with Gasteiger partial charge in [-0.05, 0) is 30.9 Å². The summed E-state index contributed by atoms with van der Waals surface area (Å²) in [6.07, 6.45) is 4.01. The van der Waals surface area contributed by atoms with Gasteiger partial charge in [0.2, 0.25) is 0 Å². The summed E-state index contributed by atoms with van der Waals surface area (Å²) in [4.78, 5) is 4.28. The lowest BCUT2D eigenvalue weighted by atomic mass is 10.1. The molecule has 1 aliphatic carbocycles. The number of guanidine groups is 1. The van der Waals surface area contributed by atoms with Crippen molar-refractivity contribution in [3.05, 3.63) is 29.3 Å². The van der Waals surface area contributed by atoms with Crippen LogP contribution in [0.2, 0.25) is 0 Å². The number of rotatable bonds is 9. The van der Waals surface area contributed by atoms with Gasteiger partial charge < -0.3 is 20.1 Å². The van der Waals surface area contributed by atoms with Gasteiger partial charge in [0.25, 0.3) is 0 Å². The average molecular weight is 447 g/mol. The Morgan fingerprint density at radius 3 is 2.71 bits per heavy atom. The molecule has 0 bridgehead atoms. The predicted octanol–water partition coefficient (Wildman–Crippen LogP) is 3.10. The minimum Gasteiger partial charge on any atom is -0.491 e. The highest BCUT2D eigenvalue weighted by atomic mass is 127. The van der Waals surface area contributed by atoms with Crippen molar-refractivity contribution >= 4 is 29.9 Å². The van der Waals surface area contributed by atoms with Crippen molar-refractivity contribution in [2.24, 2.45) is 10.9 Å². The molecule has 1 fully saturated rings. The highest BCUT2D eigenvalue weighted by Gasteiger charge is 2.20. The molecule has 6 heteroatoms. The van der Waals surface area contributed by atoms with Gasteiger partial charge in [-0.3, -0.25) is 4.99 Å². The Labute approximate surface area is 162 Å². The van der Waals surface area contributed by atoms with Crippen LogP contribution in [0.15, 0.2) is 23.2 Å². The molecule has 2 N–H and O–H groups in total. The number of hydrogen-bond donors (Lipinski definition) is 2. The van der Waals surface area contributed by atoms with Gasteiger partial charge in [0.05, 0.1) is 6.61 Å². The fourth-order valence-electron chi connectivity index (χ4n) is 2.38. The van der Waals surface area contributed by atoms with Crippen LogP contribution in [-0.4, -0.2) is 39.9 Å². The standard InChI is InChI=1S/C18H29N3O2.HI/c1-14-4-7-16(17(12-14)23-11-10-22-3)13-21-18(19-2)20-9-8-15-5-6-15;/h4,7,12,15H,5-6,8-11,13H2,1-3H3,(H2,19,20,21);1H. The van der Waals surface area contributed by atoms with Crippen LogP contribution >= 0.6 is 24.0 Å². The van der Waals surface area contributed by atoms with Crippen molar-refractivity contribution in [2.45, 2.75) is 32.7 Å². The minimum atomic E-state index is 0. The minimum absolute atomic E-state index is 0. The van der Waals surface area contributed by atoms with Gasteiger partial charge in [-0.2, -0.15) is 0 Å². The summed E-state index contributed by atoms with van der Waals surface area (Å²) in [5.41, 5.74) is 2.31. The van der Waals surface area contributed by atoms with Crippen molar-refractivity contribution in [1.29, 1.82) is 0 Å². The van der Waals surface area contributed by atoms with Crippen molar-refractivity contribution in [1.82, 2.24) is 10.6 Å². The molecule has 1 aromatic carbocycles. The molecule has 136 valence electrons. The van der Waals surface area contributed by atoms with E-state index >= 15 is 0 Å². The molecule has 1 saturated carbocycles. The molecule has 24 heavy (non-hydrogen) atoms. The molecule has 1 aromatic rings. The first-order chi connectivity index (χ1) is 11.2. The third-order valence-electron chi connectivity index (χ3n) is 3.98. The summed E-state index contributed by atoms with van der Waals surface area (Å²) in [7, 11) is 3.48. The maximum atomic E-state index is 5.82. The largest absolute Gasteiger partial charge is 0.491 e. The zero-order valence-corrected chi connectivity index (χ0v) is 17.3. The summed E-state index contributed by atoms with van der Waals surface area (Å²) in [5.74, 6) is 2.68. The normalized spacial score (nSPS) is 14.0. The molecular formula is C18H30IN3O2. The maximum Gasteiger partial charge on any atom is 0.191 e. The van der Waals surface area contributed by atoms with E-state index in [1.54, 1.807) is 14.2 Å². The van der Waals surface area contributed by atoms with Gasteiger partial charge in [0.1, 0.15) is 12.4 Å². The molecule has 5 nitrogen and oxygen atoms in total. The summed E-state index contributed by atoms with van der Waals surface area (Å²) in [6.45, 7) is 4.88. The smallest absolute Gasteiger partial charge is 0.191 e. The van der Waals surface area contributed by atoms with E-state index in [1.807, 2.05) is 0 Å². The van der Waals surface area contributed by atoms with Gasteiger partial charge in [-0.15, -0.1) is 24.0 Å². The van der Waals surface area contributed by atoms with Gasteiger partial charge in [-0.1, -0.05) is 25.0 Å². The van der Waals surface area contributed by atoms with Crippen molar-refractivity contribution in [2.75, 3.05) is 33.9 Å². The second-order valence-electron chi connectivity index (χ2n) is 6.04. The van der Waals surface area contributed by atoms with Gasteiger partial charge in [-0.25, -0.2) is 0 Å². The third-order valence-corrected chi connectivity index (χ3v) is 3.98. The molecule has 0 heterocycles. The molecule has 0 aliphatic heterocycles. The topological polar surface area (TPSA) is 54.9 Å². The second-order valence-corrected chi connectivity index (χ2v) is 6.04. The zero-order valence-electron chi connectivity index (χ0n) is 14.9. The monoisotopic (exact) mass is 447 g/mol. The number of aliphatic imine (C=N–C) groups is 1. The Morgan fingerprint density at radius 2 is 2.04 bits per heavy atom. The Hall–Kier alpha value is -1.02. The molecule has 0 radical (unpaired) electrons. The number of halogens is 1. The first kappa shape index (κ1) is 21.0. The fourth-order valence-corrected chi connectivity index (χ4v) is 2.38. The first-order valence-electron chi connectivity index (χ1n) is 8.38. The number of benzene rings is 1. The van der Waals surface area contributed by atoms with Crippen LogP contribution in [0.25, 0.3) is 0 Å². The van der Waals surface area contributed by atoms with E-state index in [-0.39, 0.29) is 24.0 Å². The highest BCUT2D eigenvalue weighted by molar-refractivity contribution is 14.0. The van der Waals surface area contributed by atoms with Crippen LogP contribution in [0.4, 0.5) is 0 Å². The van der Waals surface area contributed by atoms with Crippen LogP contribution < -0.4 is 15.4 Å². The maximum absolute atomic E-state index is 5.82. The Balaban J connectivity index is 0.00000288. The lowest BCUT2D eigenvalue weighted by Gasteiger charge is -2.15. The average Bonchev–Trinajstić information content (AvgIpc) is 3.36. The number of hydrogen-bond acceptors (Lipinski definition) is 3. The van der Waals surface area contributed by atoms with E-state index in [2.05, 4.69) is 40.7 Å². The van der Waals surface area contributed by atoms with Gasteiger partial charge in [0, 0.05) is 32.8 Å². The van der Waals surface area contributed by atoms with E-state index in [9.17, 15) is 0 Å². The van der Waals surface area contributed by atoms with E-state index in [1.165, 1.54) is 24.8 Å². The summed E-state index contributed by atoms with van der Waals surface area (Å²) < 4.78 is 10.9. The van der Waals surface area contributed by atoms with Crippen molar-refractivity contribution in [3.8, 4) is 5.75 Å². The molecule has 0 amide bonds. The fraction of sp³-hybridized carbons (Fsp3) is 0.611. The summed E-state index contributed by atoms with van der Waals surface area (Å²) >= 11 is 0. The van der Waals surface area contributed by atoms with Crippen LogP contribution in [0.1, 0.15) is 30.4 Å². The molecular weight excluding hydrogens is 417 g/mol.